The average Bonchev–Trinajstić information content (AvgIpc) is 3.28. The molecule has 1 aliphatic carbocycles. The number of hydrogen-bond donors (Lipinski definition) is 1. The van der Waals surface area contributed by atoms with Gasteiger partial charge in [0.1, 0.15) is 18.7 Å². The van der Waals surface area contributed by atoms with E-state index in [1.807, 2.05) is 24.0 Å². The predicted octanol–water partition coefficient (Wildman–Crippen LogP) is 3.75. The number of aliphatic imine (C=N–C) groups is 1. The fourth-order valence-electron chi connectivity index (χ4n) is 6.14. The molecule has 3 aliphatic heterocycles. The van der Waals surface area contributed by atoms with Gasteiger partial charge in [-0.3, -0.25) is 19.1 Å². The minimum absolute atomic E-state index is 0.143. The first kappa shape index (κ1) is 25.9. The van der Waals surface area contributed by atoms with Crippen LogP contribution in [-0.4, -0.2) is 63.8 Å². The highest BCUT2D eigenvalue weighted by Gasteiger charge is 2.38. The van der Waals surface area contributed by atoms with E-state index in [-0.39, 0.29) is 23.7 Å². The number of para-hydroxylation sites is 1. The Labute approximate surface area is 231 Å². The molecule has 4 heterocycles. The van der Waals surface area contributed by atoms with Crippen LogP contribution in [0.2, 0.25) is 0 Å². The molecule has 2 saturated heterocycles. The molecular formula is C30H31FN6O3. The van der Waals surface area contributed by atoms with Gasteiger partial charge in [-0.25, -0.2) is 19.2 Å². The Morgan fingerprint density at radius 2 is 1.70 bits per heavy atom. The maximum Gasteiger partial charge on any atom is 0.328 e. The first-order valence-corrected chi connectivity index (χ1v) is 13.7. The largest absolute Gasteiger partial charge is 0.341 e. The Morgan fingerprint density at radius 1 is 1.00 bits per heavy atom. The number of imidazole rings is 1. The number of anilines is 1. The SMILES string of the molecule is Cc1cccc2c1N(CC(=O)N1CC3CCC(CC3)C1)C(=O)[C@@H](NC(=O)n1ccnc1)N=C2c1ccccc1F. The highest BCUT2D eigenvalue weighted by Crippen LogP contribution is 2.35. The summed E-state index contributed by atoms with van der Waals surface area (Å²) in [4.78, 5) is 52.8. The van der Waals surface area contributed by atoms with E-state index in [1.54, 1.807) is 24.3 Å². The van der Waals surface area contributed by atoms with Gasteiger partial charge in [0.15, 0.2) is 0 Å². The summed E-state index contributed by atoms with van der Waals surface area (Å²) in [5.74, 6) is -0.258. The van der Waals surface area contributed by atoms with Crippen molar-refractivity contribution in [3.63, 3.8) is 0 Å². The lowest BCUT2D eigenvalue weighted by atomic mass is 9.84. The van der Waals surface area contributed by atoms with Crippen LogP contribution in [0.4, 0.5) is 14.9 Å². The van der Waals surface area contributed by atoms with E-state index < -0.39 is 23.9 Å². The third-order valence-corrected chi connectivity index (χ3v) is 8.22. The van der Waals surface area contributed by atoms with E-state index in [4.69, 9.17) is 0 Å². The summed E-state index contributed by atoms with van der Waals surface area (Å²) in [6.45, 7) is 3.03. The van der Waals surface area contributed by atoms with Gasteiger partial charge in [-0.15, -0.1) is 0 Å². The number of aromatic nitrogens is 2. The summed E-state index contributed by atoms with van der Waals surface area (Å²) in [6, 6.07) is 11.0. The number of benzene rings is 2. The second-order valence-corrected chi connectivity index (χ2v) is 10.9. The Bertz CT molecular complexity index is 1460. The Kier molecular flexibility index (Phi) is 6.91. The van der Waals surface area contributed by atoms with Gasteiger partial charge >= 0.3 is 6.03 Å². The van der Waals surface area contributed by atoms with Crippen molar-refractivity contribution in [2.75, 3.05) is 24.5 Å². The molecule has 4 aliphatic rings. The first-order valence-electron chi connectivity index (χ1n) is 13.7. The van der Waals surface area contributed by atoms with E-state index in [2.05, 4.69) is 15.3 Å². The van der Waals surface area contributed by atoms with Crippen LogP contribution in [0.15, 0.2) is 66.2 Å². The zero-order valence-electron chi connectivity index (χ0n) is 22.3. The van der Waals surface area contributed by atoms with Crippen LogP contribution in [0, 0.1) is 24.6 Å². The standard InChI is InChI=1S/C30H31FN6O3/c1-19-5-4-7-23-26(22-6-2-3-8-24(22)31)33-28(34-30(40)35-14-13-32-18-35)29(39)37(27(19)23)17-25(38)36-15-20-9-10-21(16-36)12-11-20/h2-8,13-14,18,20-21,28H,9-12,15-17H2,1H3,(H,34,40)/t20?,21?,28-/m1/s1. The number of aryl methyl sites for hydroxylation is 1. The van der Waals surface area contributed by atoms with Gasteiger partial charge in [-0.2, -0.15) is 0 Å². The molecule has 1 atom stereocenters. The van der Waals surface area contributed by atoms with E-state index in [0.29, 0.717) is 36.2 Å². The second-order valence-electron chi connectivity index (χ2n) is 10.9. The molecule has 2 aromatic carbocycles. The first-order chi connectivity index (χ1) is 19.4. The van der Waals surface area contributed by atoms with Crippen molar-refractivity contribution < 1.29 is 18.8 Å². The van der Waals surface area contributed by atoms with Gasteiger partial charge in [-0.1, -0.05) is 30.3 Å². The van der Waals surface area contributed by atoms with Crippen LogP contribution in [-0.2, 0) is 9.59 Å². The molecule has 3 fully saturated rings. The Hall–Kier alpha value is -4.34. The lowest BCUT2D eigenvalue weighted by molar-refractivity contribution is -0.132. The summed E-state index contributed by atoms with van der Waals surface area (Å²) in [7, 11) is 0. The van der Waals surface area contributed by atoms with Gasteiger partial charge in [0.05, 0.1) is 11.4 Å². The van der Waals surface area contributed by atoms with Crippen LogP contribution < -0.4 is 10.2 Å². The molecule has 10 heteroatoms. The van der Waals surface area contributed by atoms with E-state index in [1.165, 1.54) is 34.3 Å². The quantitative estimate of drug-likeness (QED) is 0.543. The van der Waals surface area contributed by atoms with Crippen LogP contribution in [0.5, 0.6) is 0 Å². The minimum atomic E-state index is -1.40. The summed E-state index contributed by atoms with van der Waals surface area (Å²) >= 11 is 0. The number of carbonyl (C=O) groups excluding carboxylic acids is 3. The summed E-state index contributed by atoms with van der Waals surface area (Å²) in [5.41, 5.74) is 2.16. The number of carbonyl (C=O) groups is 3. The molecule has 1 saturated carbocycles. The number of nitrogens with one attached hydrogen (secondary N) is 1. The van der Waals surface area contributed by atoms with Crippen LogP contribution in [0.3, 0.4) is 0 Å². The topological polar surface area (TPSA) is 99.9 Å². The lowest BCUT2D eigenvalue weighted by Crippen LogP contribution is -2.52. The normalized spacial score (nSPS) is 22.3. The molecule has 1 aromatic heterocycles. The zero-order chi connectivity index (χ0) is 27.8. The number of halogens is 1. The molecular weight excluding hydrogens is 511 g/mol. The van der Waals surface area contributed by atoms with Crippen molar-refractivity contribution >= 4 is 29.2 Å². The number of rotatable bonds is 4. The van der Waals surface area contributed by atoms with E-state index in [0.717, 1.165) is 31.2 Å². The van der Waals surface area contributed by atoms with E-state index in [9.17, 15) is 14.4 Å². The van der Waals surface area contributed by atoms with Gasteiger partial charge in [0.2, 0.25) is 12.1 Å². The molecule has 206 valence electrons. The smallest absolute Gasteiger partial charge is 0.328 e. The van der Waals surface area contributed by atoms with Gasteiger partial charge in [0, 0.05) is 36.6 Å². The van der Waals surface area contributed by atoms with Crippen molar-refractivity contribution in [3.05, 3.63) is 83.7 Å². The van der Waals surface area contributed by atoms with Crippen LogP contribution in [0.25, 0.3) is 0 Å². The minimum Gasteiger partial charge on any atom is -0.341 e. The van der Waals surface area contributed by atoms with Crippen molar-refractivity contribution in [1.29, 1.82) is 0 Å². The number of nitrogens with zero attached hydrogens (tertiary/aromatic N) is 5. The molecule has 1 N–H and O–H groups in total. The van der Waals surface area contributed by atoms with Gasteiger partial charge in [0.25, 0.3) is 5.91 Å². The molecule has 3 amide bonds. The molecule has 0 radical (unpaired) electrons. The predicted molar refractivity (Wildman–Crippen MR) is 148 cm³/mol. The highest BCUT2D eigenvalue weighted by atomic mass is 19.1. The van der Waals surface area contributed by atoms with Crippen molar-refractivity contribution in [1.82, 2.24) is 19.8 Å². The Balaban J connectivity index is 1.42. The maximum atomic E-state index is 15.1. The lowest BCUT2D eigenvalue weighted by Gasteiger charge is -2.30. The van der Waals surface area contributed by atoms with Gasteiger partial charge in [-0.05, 0) is 62.1 Å². The number of benzodiazepines with no additional fused rings is 1. The second kappa shape index (κ2) is 10.7. The van der Waals surface area contributed by atoms with Crippen molar-refractivity contribution in [3.8, 4) is 0 Å². The summed E-state index contributed by atoms with van der Waals surface area (Å²) in [5, 5.41) is 2.66. The Morgan fingerprint density at radius 3 is 2.38 bits per heavy atom. The fourth-order valence-corrected chi connectivity index (χ4v) is 6.14. The third-order valence-electron chi connectivity index (χ3n) is 8.22. The van der Waals surface area contributed by atoms with Gasteiger partial charge < -0.3 is 10.2 Å². The van der Waals surface area contributed by atoms with Crippen LogP contribution >= 0.6 is 0 Å². The van der Waals surface area contributed by atoms with E-state index >= 15 is 4.39 Å². The summed E-state index contributed by atoms with van der Waals surface area (Å²) in [6.07, 6.45) is 7.31. The zero-order valence-corrected chi connectivity index (χ0v) is 22.3. The third kappa shape index (κ3) is 4.89. The highest BCUT2D eigenvalue weighted by molar-refractivity contribution is 6.21. The molecule has 3 aromatic rings. The molecule has 9 nitrogen and oxygen atoms in total. The average molecular weight is 543 g/mol. The van der Waals surface area contributed by atoms with Crippen molar-refractivity contribution in [2.45, 2.75) is 38.8 Å². The number of amides is 3. The fraction of sp³-hybridized carbons (Fsp3) is 0.367. The molecule has 7 rings (SSSR count). The molecule has 2 bridgehead atoms. The molecule has 0 unspecified atom stereocenters. The summed E-state index contributed by atoms with van der Waals surface area (Å²) < 4.78 is 16.3. The molecule has 40 heavy (non-hydrogen) atoms. The maximum absolute atomic E-state index is 15.1. The number of fused-ring (bicyclic) bond motifs is 5. The van der Waals surface area contributed by atoms with Crippen LogP contribution in [0.1, 0.15) is 42.4 Å². The molecule has 0 spiro atoms. The monoisotopic (exact) mass is 542 g/mol. The van der Waals surface area contributed by atoms with Crippen molar-refractivity contribution in [2.24, 2.45) is 16.8 Å². The number of hydrogen-bond acceptors (Lipinski definition) is 5.